The van der Waals surface area contributed by atoms with E-state index in [2.05, 4.69) is 21.2 Å². The average Bonchev–Trinajstić information content (AvgIpc) is 2.78. The summed E-state index contributed by atoms with van der Waals surface area (Å²) in [6.45, 7) is 3.01. The molecule has 0 bridgehead atoms. The lowest BCUT2D eigenvalue weighted by Gasteiger charge is -2.13. The molecule has 0 aliphatic heterocycles. The number of Topliss-reactive ketones (excluding diaryl/α,β-unsaturated/α-hetero) is 1. The summed E-state index contributed by atoms with van der Waals surface area (Å²) < 4.78 is 10.4. The van der Waals surface area contributed by atoms with Crippen molar-refractivity contribution in [2.45, 2.75) is 20.3 Å². The predicted molar refractivity (Wildman–Crippen MR) is 125 cm³/mol. The van der Waals surface area contributed by atoms with Crippen LogP contribution in [0, 0.1) is 10.1 Å². The molecular weight excluding hydrogens is 446 g/mol. The Morgan fingerprint density at radius 1 is 1.00 bits per heavy atom. The molecule has 2 rings (SSSR count). The van der Waals surface area contributed by atoms with Crippen LogP contribution in [0.4, 0.5) is 17.1 Å². The number of methoxy groups -OCH3 is 2. The van der Waals surface area contributed by atoms with Crippen LogP contribution < -0.4 is 25.5 Å². The Balaban J connectivity index is 2.25. The van der Waals surface area contributed by atoms with Crippen LogP contribution in [0.5, 0.6) is 11.5 Å². The molecule has 34 heavy (non-hydrogen) atoms. The fourth-order valence-electron chi connectivity index (χ4n) is 2.86. The number of anilines is 2. The van der Waals surface area contributed by atoms with E-state index in [1.54, 1.807) is 18.2 Å². The summed E-state index contributed by atoms with van der Waals surface area (Å²) in [7, 11) is 2.75. The molecule has 0 spiro atoms. The lowest BCUT2D eigenvalue weighted by Crippen LogP contribution is -2.29. The first kappa shape index (κ1) is 25.8. The van der Waals surface area contributed by atoms with Gasteiger partial charge in [0.2, 0.25) is 5.91 Å². The topological polar surface area (TPSA) is 161 Å². The van der Waals surface area contributed by atoms with Crippen molar-refractivity contribution in [2.75, 3.05) is 31.5 Å². The van der Waals surface area contributed by atoms with Gasteiger partial charge in [-0.15, -0.1) is 0 Å². The van der Waals surface area contributed by atoms with Crippen LogP contribution in [0.3, 0.4) is 0 Å². The first-order chi connectivity index (χ1) is 16.2. The van der Waals surface area contributed by atoms with Gasteiger partial charge in [0.05, 0.1) is 36.6 Å². The van der Waals surface area contributed by atoms with Crippen LogP contribution in [0.25, 0.3) is 0 Å². The summed E-state index contributed by atoms with van der Waals surface area (Å²) in [5.74, 6) is -1.09. The summed E-state index contributed by atoms with van der Waals surface area (Å²) in [5.41, 5.74) is 3.27. The number of carbonyl (C=O) groups is 3. The molecule has 12 nitrogen and oxygen atoms in total. The molecule has 180 valence electrons. The van der Waals surface area contributed by atoms with Gasteiger partial charge < -0.3 is 20.1 Å². The highest BCUT2D eigenvalue weighted by atomic mass is 16.6. The minimum absolute atomic E-state index is 0.106. The Bertz CT molecular complexity index is 1130. The van der Waals surface area contributed by atoms with E-state index in [0.717, 1.165) is 5.56 Å². The number of hydrogen-bond donors (Lipinski definition) is 3. The maximum atomic E-state index is 12.8. The minimum Gasteiger partial charge on any atom is -0.495 e. The first-order valence-corrected chi connectivity index (χ1v) is 10.1. The summed E-state index contributed by atoms with van der Waals surface area (Å²) in [6, 6.07) is 8.87. The second kappa shape index (κ2) is 11.9. The summed E-state index contributed by atoms with van der Waals surface area (Å²) in [5, 5.41) is 20.1. The second-order valence-corrected chi connectivity index (χ2v) is 6.99. The highest BCUT2D eigenvalue weighted by Gasteiger charge is 2.20. The van der Waals surface area contributed by atoms with Crippen LogP contribution in [0.2, 0.25) is 0 Å². The number of benzene rings is 2. The molecule has 0 radical (unpaired) electrons. The molecule has 0 aromatic heterocycles. The molecule has 0 fully saturated rings. The van der Waals surface area contributed by atoms with E-state index >= 15 is 0 Å². The molecule has 0 saturated heterocycles. The largest absolute Gasteiger partial charge is 0.495 e. The highest BCUT2D eigenvalue weighted by Crippen LogP contribution is 2.29. The maximum absolute atomic E-state index is 12.8. The van der Waals surface area contributed by atoms with E-state index in [-0.39, 0.29) is 23.0 Å². The standard InChI is InChI=1S/C22H25N5O7/c1-13(28)21(26-25-17-7-6-16(27(31)32)12-20(17)34-4)22(30)24-18-11-15(5-8-19(18)33-3)9-10-23-14(2)29/h5-8,11-12,25H,9-10H2,1-4H3,(H,23,29)(H,24,30)/b26-21-. The van der Waals surface area contributed by atoms with Gasteiger partial charge in [0.1, 0.15) is 5.75 Å². The van der Waals surface area contributed by atoms with Gasteiger partial charge in [-0.1, -0.05) is 6.07 Å². The van der Waals surface area contributed by atoms with E-state index in [0.29, 0.717) is 24.4 Å². The number of nitro benzene ring substituents is 1. The Kier molecular flexibility index (Phi) is 9.06. The third kappa shape index (κ3) is 7.02. The number of rotatable bonds is 11. The molecule has 2 aromatic carbocycles. The van der Waals surface area contributed by atoms with Crippen LogP contribution in [-0.2, 0) is 20.8 Å². The molecule has 2 aromatic rings. The van der Waals surface area contributed by atoms with Crippen molar-refractivity contribution in [1.29, 1.82) is 0 Å². The van der Waals surface area contributed by atoms with Crippen LogP contribution in [0.1, 0.15) is 19.4 Å². The number of ketones is 1. The Morgan fingerprint density at radius 2 is 1.71 bits per heavy atom. The molecule has 0 heterocycles. The Morgan fingerprint density at radius 3 is 2.29 bits per heavy atom. The zero-order valence-electron chi connectivity index (χ0n) is 19.1. The summed E-state index contributed by atoms with van der Waals surface area (Å²) in [4.78, 5) is 46.3. The maximum Gasteiger partial charge on any atom is 0.279 e. The fourth-order valence-corrected chi connectivity index (χ4v) is 2.86. The van der Waals surface area contributed by atoms with E-state index in [9.17, 15) is 24.5 Å². The molecule has 2 amide bonds. The summed E-state index contributed by atoms with van der Waals surface area (Å²) in [6.07, 6.45) is 0.515. The lowest BCUT2D eigenvalue weighted by atomic mass is 10.1. The smallest absolute Gasteiger partial charge is 0.279 e. The third-order valence-corrected chi connectivity index (χ3v) is 4.53. The minimum atomic E-state index is -0.793. The quantitative estimate of drug-likeness (QED) is 0.195. The summed E-state index contributed by atoms with van der Waals surface area (Å²) >= 11 is 0. The molecule has 0 atom stereocenters. The van der Waals surface area contributed by atoms with E-state index in [1.165, 1.54) is 46.3 Å². The van der Waals surface area contributed by atoms with Crippen molar-refractivity contribution in [1.82, 2.24) is 5.32 Å². The molecule has 0 aliphatic carbocycles. The normalized spacial score (nSPS) is 10.8. The molecule has 0 unspecified atom stereocenters. The van der Waals surface area contributed by atoms with Gasteiger partial charge in [0, 0.05) is 26.5 Å². The van der Waals surface area contributed by atoms with Crippen molar-refractivity contribution in [3.05, 3.63) is 52.1 Å². The number of nitrogens with one attached hydrogen (secondary N) is 3. The molecular formula is C22H25N5O7. The van der Waals surface area contributed by atoms with Crippen molar-refractivity contribution in [3.8, 4) is 11.5 Å². The van der Waals surface area contributed by atoms with Crippen molar-refractivity contribution in [3.63, 3.8) is 0 Å². The van der Waals surface area contributed by atoms with Crippen molar-refractivity contribution in [2.24, 2.45) is 5.10 Å². The molecule has 0 saturated carbocycles. The Labute approximate surface area is 195 Å². The van der Waals surface area contributed by atoms with Gasteiger partial charge in [-0.3, -0.25) is 29.9 Å². The van der Waals surface area contributed by atoms with Gasteiger partial charge in [0.15, 0.2) is 17.2 Å². The van der Waals surface area contributed by atoms with Gasteiger partial charge in [-0.2, -0.15) is 5.10 Å². The lowest BCUT2D eigenvalue weighted by molar-refractivity contribution is -0.384. The molecule has 12 heteroatoms. The average molecular weight is 471 g/mol. The van der Waals surface area contributed by atoms with E-state index < -0.39 is 22.3 Å². The number of hydrazone groups is 1. The number of hydrogen-bond acceptors (Lipinski definition) is 9. The van der Waals surface area contributed by atoms with Gasteiger partial charge in [0.25, 0.3) is 11.6 Å². The Hall–Kier alpha value is -4.48. The highest BCUT2D eigenvalue weighted by molar-refractivity contribution is 6.67. The number of nitrogens with zero attached hydrogens (tertiary/aromatic N) is 2. The SMILES string of the molecule is COc1cc([N+](=O)[O-])ccc1N/N=C(/C(C)=O)C(=O)Nc1cc(CCNC(C)=O)ccc1OC. The first-order valence-electron chi connectivity index (χ1n) is 10.1. The van der Waals surface area contributed by atoms with Gasteiger partial charge in [-0.05, 0) is 30.2 Å². The number of ether oxygens (including phenoxy) is 2. The van der Waals surface area contributed by atoms with Crippen LogP contribution in [-0.4, -0.2) is 49.0 Å². The molecule has 3 N–H and O–H groups in total. The predicted octanol–water partition coefficient (Wildman–Crippen LogP) is 2.29. The monoisotopic (exact) mass is 471 g/mol. The van der Waals surface area contributed by atoms with Crippen LogP contribution >= 0.6 is 0 Å². The van der Waals surface area contributed by atoms with Crippen molar-refractivity contribution < 1.29 is 28.8 Å². The fraction of sp³-hybridized carbons (Fsp3) is 0.273. The van der Waals surface area contributed by atoms with E-state index in [1.807, 2.05) is 0 Å². The number of nitro groups is 1. The zero-order valence-corrected chi connectivity index (χ0v) is 19.1. The second-order valence-electron chi connectivity index (χ2n) is 6.99. The zero-order chi connectivity index (χ0) is 25.3. The number of non-ortho nitro benzene ring substituents is 1. The molecule has 0 aliphatic rings. The van der Waals surface area contributed by atoms with Gasteiger partial charge >= 0.3 is 0 Å². The third-order valence-electron chi connectivity index (χ3n) is 4.53. The number of amides is 2. The van der Waals surface area contributed by atoms with Crippen molar-refractivity contribution >= 4 is 40.4 Å². The van der Waals surface area contributed by atoms with Gasteiger partial charge in [-0.25, -0.2) is 0 Å². The number of carbonyl (C=O) groups excluding carboxylic acids is 3. The van der Waals surface area contributed by atoms with E-state index in [4.69, 9.17) is 9.47 Å². The van der Waals surface area contributed by atoms with Crippen LogP contribution in [0.15, 0.2) is 41.5 Å².